The highest BCUT2D eigenvalue weighted by molar-refractivity contribution is 6.31. The summed E-state index contributed by atoms with van der Waals surface area (Å²) >= 11 is 6.06. The number of anilines is 1. The molecule has 0 saturated heterocycles. The number of rotatable bonds is 4. The van der Waals surface area contributed by atoms with Crippen LogP contribution in [0.2, 0.25) is 5.02 Å². The van der Waals surface area contributed by atoms with Crippen molar-refractivity contribution in [2.45, 2.75) is 20.0 Å². The minimum Gasteiger partial charge on any atom is -0.449 e. The molecule has 0 saturated carbocycles. The van der Waals surface area contributed by atoms with Crippen LogP contribution in [0.1, 0.15) is 22.8 Å². The van der Waals surface area contributed by atoms with Gasteiger partial charge >= 0.3 is 5.97 Å². The minimum absolute atomic E-state index is 0.413. The van der Waals surface area contributed by atoms with E-state index in [1.165, 1.54) is 6.92 Å². The van der Waals surface area contributed by atoms with Crippen molar-refractivity contribution in [1.29, 1.82) is 0 Å². The molecular formula is C21H18ClNO3. The fraction of sp³-hybridized carbons (Fsp3) is 0.143. The zero-order chi connectivity index (χ0) is 18.7. The summed E-state index contributed by atoms with van der Waals surface area (Å²) in [7, 11) is 0. The van der Waals surface area contributed by atoms with Crippen LogP contribution < -0.4 is 5.32 Å². The van der Waals surface area contributed by atoms with Gasteiger partial charge in [-0.25, -0.2) is 4.79 Å². The first-order chi connectivity index (χ1) is 12.5. The molecule has 3 aromatic rings. The second-order valence-electron chi connectivity index (χ2n) is 5.98. The van der Waals surface area contributed by atoms with Gasteiger partial charge in [-0.3, -0.25) is 4.79 Å². The van der Waals surface area contributed by atoms with Crippen LogP contribution in [0, 0.1) is 6.92 Å². The summed E-state index contributed by atoms with van der Waals surface area (Å²) in [4.78, 5) is 24.9. The lowest BCUT2D eigenvalue weighted by atomic mass is 10.0. The second-order valence-corrected chi connectivity index (χ2v) is 6.38. The van der Waals surface area contributed by atoms with Gasteiger partial charge in [0.05, 0.1) is 5.56 Å². The first-order valence-electron chi connectivity index (χ1n) is 8.22. The third-order valence-corrected chi connectivity index (χ3v) is 4.60. The van der Waals surface area contributed by atoms with Crippen molar-refractivity contribution in [3.05, 3.63) is 76.8 Å². The van der Waals surface area contributed by atoms with Crippen molar-refractivity contribution >= 4 is 39.9 Å². The number of carbonyl (C=O) groups excluding carboxylic acids is 2. The molecule has 1 amide bonds. The van der Waals surface area contributed by atoms with Gasteiger partial charge in [0.2, 0.25) is 0 Å². The molecule has 1 atom stereocenters. The Morgan fingerprint density at radius 1 is 1.00 bits per heavy atom. The van der Waals surface area contributed by atoms with E-state index >= 15 is 0 Å². The van der Waals surface area contributed by atoms with Crippen LogP contribution in [-0.2, 0) is 9.53 Å². The predicted molar refractivity (Wildman–Crippen MR) is 104 cm³/mol. The molecule has 132 valence electrons. The average molecular weight is 368 g/mol. The number of nitrogens with one attached hydrogen (secondary N) is 1. The van der Waals surface area contributed by atoms with Gasteiger partial charge in [-0.1, -0.05) is 54.1 Å². The summed E-state index contributed by atoms with van der Waals surface area (Å²) in [6, 6.07) is 18.2. The van der Waals surface area contributed by atoms with Gasteiger partial charge in [-0.15, -0.1) is 0 Å². The van der Waals surface area contributed by atoms with Gasteiger partial charge in [-0.2, -0.15) is 0 Å². The van der Waals surface area contributed by atoms with Crippen LogP contribution in [-0.4, -0.2) is 18.0 Å². The van der Waals surface area contributed by atoms with Crippen molar-refractivity contribution in [2.75, 3.05) is 5.32 Å². The number of esters is 1. The number of amides is 1. The van der Waals surface area contributed by atoms with E-state index in [1.54, 1.807) is 30.3 Å². The minimum atomic E-state index is -0.945. The predicted octanol–water partition coefficient (Wildman–Crippen LogP) is 4.99. The molecular weight excluding hydrogens is 350 g/mol. The van der Waals surface area contributed by atoms with Crippen molar-refractivity contribution in [1.82, 2.24) is 0 Å². The van der Waals surface area contributed by atoms with Crippen LogP contribution in [0.15, 0.2) is 60.7 Å². The zero-order valence-corrected chi connectivity index (χ0v) is 15.2. The maximum atomic E-state index is 12.5. The summed E-state index contributed by atoms with van der Waals surface area (Å²) < 4.78 is 5.36. The molecule has 3 aromatic carbocycles. The molecule has 0 radical (unpaired) electrons. The second kappa shape index (κ2) is 7.58. The number of halogens is 1. The van der Waals surface area contributed by atoms with Crippen LogP contribution in [0.25, 0.3) is 10.8 Å². The SMILES string of the molecule is Cc1c(Cl)cccc1NC(=O)C(C)OC(=O)c1cccc2ccccc12. The number of carbonyl (C=O) groups is 2. The lowest BCUT2D eigenvalue weighted by Gasteiger charge is -2.15. The van der Waals surface area contributed by atoms with Gasteiger partial charge < -0.3 is 10.1 Å². The molecule has 1 unspecified atom stereocenters. The Bertz CT molecular complexity index is 979. The van der Waals surface area contributed by atoms with Crippen LogP contribution in [0.4, 0.5) is 5.69 Å². The molecule has 0 aliphatic carbocycles. The quantitative estimate of drug-likeness (QED) is 0.661. The molecule has 5 heteroatoms. The molecule has 0 bridgehead atoms. The van der Waals surface area contributed by atoms with E-state index in [1.807, 2.05) is 37.3 Å². The normalized spacial score (nSPS) is 11.8. The van der Waals surface area contributed by atoms with Gasteiger partial charge in [0, 0.05) is 10.7 Å². The van der Waals surface area contributed by atoms with E-state index in [0.717, 1.165) is 16.3 Å². The maximum absolute atomic E-state index is 12.5. The Labute approximate surface area is 156 Å². The lowest BCUT2D eigenvalue weighted by molar-refractivity contribution is -0.123. The number of ether oxygens (including phenoxy) is 1. The van der Waals surface area contributed by atoms with Crippen molar-refractivity contribution < 1.29 is 14.3 Å². The van der Waals surface area contributed by atoms with E-state index < -0.39 is 18.0 Å². The molecule has 4 nitrogen and oxygen atoms in total. The summed E-state index contributed by atoms with van der Waals surface area (Å²) in [5.74, 6) is -0.948. The molecule has 0 aliphatic heterocycles. The lowest BCUT2D eigenvalue weighted by Crippen LogP contribution is -2.30. The number of fused-ring (bicyclic) bond motifs is 1. The summed E-state index contributed by atoms with van der Waals surface area (Å²) in [6.07, 6.45) is -0.945. The maximum Gasteiger partial charge on any atom is 0.339 e. The Morgan fingerprint density at radius 3 is 2.50 bits per heavy atom. The van der Waals surface area contributed by atoms with E-state index in [9.17, 15) is 9.59 Å². The van der Waals surface area contributed by atoms with Gasteiger partial charge in [0.25, 0.3) is 5.91 Å². The van der Waals surface area contributed by atoms with E-state index in [0.29, 0.717) is 16.3 Å². The largest absolute Gasteiger partial charge is 0.449 e. The highest BCUT2D eigenvalue weighted by Crippen LogP contribution is 2.23. The third-order valence-electron chi connectivity index (χ3n) is 4.19. The Balaban J connectivity index is 1.74. The fourth-order valence-corrected chi connectivity index (χ4v) is 2.83. The smallest absolute Gasteiger partial charge is 0.339 e. The number of benzene rings is 3. The number of hydrogen-bond acceptors (Lipinski definition) is 3. The van der Waals surface area contributed by atoms with Crippen molar-refractivity contribution in [3.63, 3.8) is 0 Å². The van der Waals surface area contributed by atoms with Crippen LogP contribution >= 0.6 is 11.6 Å². The summed E-state index contributed by atoms with van der Waals surface area (Å²) in [6.45, 7) is 3.35. The molecule has 3 rings (SSSR count). The first kappa shape index (κ1) is 18.0. The van der Waals surface area contributed by atoms with E-state index in [-0.39, 0.29) is 0 Å². The third kappa shape index (κ3) is 3.70. The van der Waals surface area contributed by atoms with Crippen LogP contribution in [0.5, 0.6) is 0 Å². The summed E-state index contributed by atoms with van der Waals surface area (Å²) in [5.41, 5.74) is 1.78. The van der Waals surface area contributed by atoms with Crippen molar-refractivity contribution in [3.8, 4) is 0 Å². The fourth-order valence-electron chi connectivity index (χ4n) is 2.66. The highest BCUT2D eigenvalue weighted by Gasteiger charge is 2.21. The average Bonchev–Trinajstić information content (AvgIpc) is 2.64. The van der Waals surface area contributed by atoms with Gasteiger partial charge in [-0.05, 0) is 48.4 Å². The Kier molecular flexibility index (Phi) is 5.24. The molecule has 0 spiro atoms. The molecule has 26 heavy (non-hydrogen) atoms. The standard InChI is InChI=1S/C21H18ClNO3/c1-13-18(22)11-6-12-19(13)23-20(24)14(2)26-21(25)17-10-5-8-15-7-3-4-9-16(15)17/h3-12,14H,1-2H3,(H,23,24). The first-order valence-corrected chi connectivity index (χ1v) is 8.60. The topological polar surface area (TPSA) is 55.4 Å². The molecule has 0 heterocycles. The van der Waals surface area contributed by atoms with E-state index in [4.69, 9.17) is 16.3 Å². The molecule has 0 fully saturated rings. The monoisotopic (exact) mass is 367 g/mol. The Hall–Kier alpha value is -2.85. The van der Waals surface area contributed by atoms with E-state index in [2.05, 4.69) is 5.32 Å². The van der Waals surface area contributed by atoms with Crippen molar-refractivity contribution in [2.24, 2.45) is 0 Å². The molecule has 0 aromatic heterocycles. The number of hydrogen-bond donors (Lipinski definition) is 1. The zero-order valence-electron chi connectivity index (χ0n) is 14.5. The molecule has 1 N–H and O–H groups in total. The summed E-state index contributed by atoms with van der Waals surface area (Å²) in [5, 5.41) is 5.03. The van der Waals surface area contributed by atoms with Gasteiger partial charge in [0.15, 0.2) is 6.10 Å². The van der Waals surface area contributed by atoms with Gasteiger partial charge in [0.1, 0.15) is 0 Å². The highest BCUT2D eigenvalue weighted by atomic mass is 35.5. The van der Waals surface area contributed by atoms with Crippen LogP contribution in [0.3, 0.4) is 0 Å². The molecule has 0 aliphatic rings. The Morgan fingerprint density at radius 2 is 1.69 bits per heavy atom.